The Morgan fingerprint density at radius 1 is 1.29 bits per heavy atom. The second-order valence-electron chi connectivity index (χ2n) is 7.35. The minimum Gasteiger partial charge on any atom is -0.327 e. The van der Waals surface area contributed by atoms with Crippen LogP contribution in [0.5, 0.6) is 0 Å². The van der Waals surface area contributed by atoms with Crippen molar-refractivity contribution in [2.45, 2.75) is 59.5 Å². The number of rotatable bonds is 4. The first-order valence-electron chi connectivity index (χ1n) is 7.59. The van der Waals surface area contributed by atoms with E-state index in [0.29, 0.717) is 6.04 Å². The highest BCUT2D eigenvalue weighted by molar-refractivity contribution is 9.10. The summed E-state index contributed by atoms with van der Waals surface area (Å²) in [5.74, 6) is 1.09. The fourth-order valence-corrected chi connectivity index (χ4v) is 3.28. The van der Waals surface area contributed by atoms with E-state index in [1.807, 2.05) is 0 Å². The molecule has 3 nitrogen and oxygen atoms in total. The number of benzene rings is 1. The number of nitrogens with two attached hydrogens (primary N) is 1. The van der Waals surface area contributed by atoms with Crippen LogP contribution in [0.25, 0.3) is 11.0 Å². The fraction of sp³-hybridized carbons (Fsp3) is 0.588. The molecule has 0 saturated heterocycles. The SMILES string of the molecule is CC(C)n1c(CC(N)CC(C)(C)C)nc2cc(Br)ccc21. The summed E-state index contributed by atoms with van der Waals surface area (Å²) in [5.41, 5.74) is 8.82. The van der Waals surface area contributed by atoms with Gasteiger partial charge in [0.15, 0.2) is 0 Å². The summed E-state index contributed by atoms with van der Waals surface area (Å²) < 4.78 is 3.37. The molecule has 2 rings (SSSR count). The molecule has 0 spiro atoms. The van der Waals surface area contributed by atoms with Crippen LogP contribution in [-0.2, 0) is 6.42 Å². The van der Waals surface area contributed by atoms with Gasteiger partial charge in [-0.2, -0.15) is 0 Å². The Labute approximate surface area is 136 Å². The van der Waals surface area contributed by atoms with E-state index in [-0.39, 0.29) is 11.5 Å². The predicted molar refractivity (Wildman–Crippen MR) is 93.6 cm³/mol. The Morgan fingerprint density at radius 3 is 2.52 bits per heavy atom. The van der Waals surface area contributed by atoms with Crippen molar-refractivity contribution < 1.29 is 0 Å². The summed E-state index contributed by atoms with van der Waals surface area (Å²) in [6.07, 6.45) is 1.82. The molecule has 0 aliphatic carbocycles. The van der Waals surface area contributed by atoms with E-state index >= 15 is 0 Å². The lowest BCUT2D eigenvalue weighted by atomic mass is 9.87. The van der Waals surface area contributed by atoms with E-state index in [1.165, 1.54) is 5.52 Å². The average molecular weight is 352 g/mol. The molecule has 4 heteroatoms. The van der Waals surface area contributed by atoms with Crippen LogP contribution in [0.4, 0.5) is 0 Å². The van der Waals surface area contributed by atoms with Gasteiger partial charge in [-0.25, -0.2) is 4.98 Å². The van der Waals surface area contributed by atoms with Gasteiger partial charge in [-0.3, -0.25) is 0 Å². The smallest absolute Gasteiger partial charge is 0.111 e. The number of nitrogens with zero attached hydrogens (tertiary/aromatic N) is 2. The Morgan fingerprint density at radius 2 is 1.95 bits per heavy atom. The number of hydrogen-bond donors (Lipinski definition) is 1. The van der Waals surface area contributed by atoms with Gasteiger partial charge in [-0.15, -0.1) is 0 Å². The van der Waals surface area contributed by atoms with Gasteiger partial charge < -0.3 is 10.3 Å². The predicted octanol–water partition coefficient (Wildman–Crippen LogP) is 4.69. The first-order valence-corrected chi connectivity index (χ1v) is 8.38. The third-order valence-electron chi connectivity index (χ3n) is 3.56. The highest BCUT2D eigenvalue weighted by Gasteiger charge is 2.20. The largest absolute Gasteiger partial charge is 0.327 e. The van der Waals surface area contributed by atoms with Gasteiger partial charge in [0.05, 0.1) is 11.0 Å². The molecule has 2 N–H and O–H groups in total. The van der Waals surface area contributed by atoms with Gasteiger partial charge in [-0.1, -0.05) is 36.7 Å². The van der Waals surface area contributed by atoms with Crippen molar-refractivity contribution in [3.05, 3.63) is 28.5 Å². The maximum Gasteiger partial charge on any atom is 0.111 e. The van der Waals surface area contributed by atoms with Crippen molar-refractivity contribution >= 4 is 27.0 Å². The summed E-state index contributed by atoms with van der Waals surface area (Å²) in [6.45, 7) is 11.1. The van der Waals surface area contributed by atoms with Gasteiger partial charge in [0.1, 0.15) is 5.82 Å². The number of halogens is 1. The molecular formula is C17H26BrN3. The van der Waals surface area contributed by atoms with Crippen LogP contribution in [0.2, 0.25) is 0 Å². The van der Waals surface area contributed by atoms with E-state index < -0.39 is 0 Å². The molecule has 2 aromatic rings. The highest BCUT2D eigenvalue weighted by Crippen LogP contribution is 2.26. The minimum absolute atomic E-state index is 0.141. The molecule has 1 aromatic heterocycles. The van der Waals surface area contributed by atoms with Gasteiger partial charge >= 0.3 is 0 Å². The zero-order chi connectivity index (χ0) is 15.8. The molecule has 0 radical (unpaired) electrons. The van der Waals surface area contributed by atoms with Crippen molar-refractivity contribution in [1.82, 2.24) is 9.55 Å². The number of hydrogen-bond acceptors (Lipinski definition) is 2. The van der Waals surface area contributed by atoms with Crippen LogP contribution in [-0.4, -0.2) is 15.6 Å². The van der Waals surface area contributed by atoms with Gasteiger partial charge in [-0.05, 0) is 43.9 Å². The maximum absolute atomic E-state index is 6.35. The molecule has 1 heterocycles. The third kappa shape index (κ3) is 4.07. The van der Waals surface area contributed by atoms with Crippen molar-refractivity contribution in [3.63, 3.8) is 0 Å². The lowest BCUT2D eigenvalue weighted by molar-refractivity contribution is 0.334. The lowest BCUT2D eigenvalue weighted by Crippen LogP contribution is -2.29. The highest BCUT2D eigenvalue weighted by atomic mass is 79.9. The normalized spacial score (nSPS) is 14.1. The molecule has 0 fully saturated rings. The Kier molecular flexibility index (Phi) is 4.79. The number of aromatic nitrogens is 2. The molecule has 0 aliphatic rings. The maximum atomic E-state index is 6.35. The molecule has 0 amide bonds. The second-order valence-corrected chi connectivity index (χ2v) is 8.27. The van der Waals surface area contributed by atoms with Crippen LogP contribution in [0.1, 0.15) is 52.9 Å². The standard InChI is InChI=1S/C17H26BrN3/c1-11(2)21-15-7-6-12(18)8-14(15)20-16(21)9-13(19)10-17(3,4)5/h6-8,11,13H,9-10,19H2,1-5H3. The summed E-state index contributed by atoms with van der Waals surface area (Å²) in [5, 5.41) is 0. The molecule has 1 atom stereocenters. The van der Waals surface area contributed by atoms with Gasteiger partial charge in [0, 0.05) is 23.0 Å². The van der Waals surface area contributed by atoms with Crippen LogP contribution in [0, 0.1) is 5.41 Å². The first-order chi connectivity index (χ1) is 9.67. The summed E-state index contributed by atoms with van der Waals surface area (Å²) in [6, 6.07) is 6.80. The van der Waals surface area contributed by atoms with E-state index in [0.717, 1.165) is 28.7 Å². The van der Waals surface area contributed by atoms with Crippen LogP contribution < -0.4 is 5.73 Å². The van der Waals surface area contributed by atoms with E-state index in [2.05, 4.69) is 73.3 Å². The zero-order valence-corrected chi connectivity index (χ0v) is 15.2. The quantitative estimate of drug-likeness (QED) is 0.868. The summed E-state index contributed by atoms with van der Waals surface area (Å²) >= 11 is 3.52. The minimum atomic E-state index is 0.141. The van der Waals surface area contributed by atoms with Crippen molar-refractivity contribution in [2.75, 3.05) is 0 Å². The Hall–Kier alpha value is -0.870. The number of imidazole rings is 1. The van der Waals surface area contributed by atoms with Crippen molar-refractivity contribution in [3.8, 4) is 0 Å². The van der Waals surface area contributed by atoms with E-state index in [1.54, 1.807) is 0 Å². The molecule has 1 aromatic carbocycles. The third-order valence-corrected chi connectivity index (χ3v) is 4.05. The van der Waals surface area contributed by atoms with Crippen molar-refractivity contribution in [2.24, 2.45) is 11.1 Å². The number of fused-ring (bicyclic) bond motifs is 1. The Bertz CT molecular complexity index is 623. The molecule has 0 saturated carbocycles. The first kappa shape index (κ1) is 16.5. The van der Waals surface area contributed by atoms with E-state index in [9.17, 15) is 0 Å². The average Bonchev–Trinajstić information content (AvgIpc) is 2.62. The van der Waals surface area contributed by atoms with Crippen LogP contribution >= 0.6 is 15.9 Å². The summed E-state index contributed by atoms with van der Waals surface area (Å²) in [4.78, 5) is 4.82. The molecular weight excluding hydrogens is 326 g/mol. The molecule has 1 unspecified atom stereocenters. The van der Waals surface area contributed by atoms with Crippen LogP contribution in [0.3, 0.4) is 0 Å². The van der Waals surface area contributed by atoms with E-state index in [4.69, 9.17) is 10.7 Å². The van der Waals surface area contributed by atoms with Crippen LogP contribution in [0.15, 0.2) is 22.7 Å². The molecule has 0 bridgehead atoms. The molecule has 21 heavy (non-hydrogen) atoms. The van der Waals surface area contributed by atoms with Gasteiger partial charge in [0.25, 0.3) is 0 Å². The molecule has 0 aliphatic heterocycles. The fourth-order valence-electron chi connectivity index (χ4n) is 2.94. The lowest BCUT2D eigenvalue weighted by Gasteiger charge is -2.23. The monoisotopic (exact) mass is 351 g/mol. The zero-order valence-electron chi connectivity index (χ0n) is 13.7. The topological polar surface area (TPSA) is 43.8 Å². The van der Waals surface area contributed by atoms with Crippen molar-refractivity contribution in [1.29, 1.82) is 0 Å². The summed E-state index contributed by atoms with van der Waals surface area (Å²) in [7, 11) is 0. The van der Waals surface area contributed by atoms with Gasteiger partial charge in [0.2, 0.25) is 0 Å². The Balaban J connectivity index is 2.36. The molecule has 116 valence electrons. The second kappa shape index (κ2) is 6.09.